The van der Waals surface area contributed by atoms with Gasteiger partial charge in [0.05, 0.1) is 7.11 Å². The zero-order valence-electron chi connectivity index (χ0n) is 11.6. The lowest BCUT2D eigenvalue weighted by Crippen LogP contribution is -2.05. The Morgan fingerprint density at radius 2 is 1.81 bits per heavy atom. The number of benzene rings is 2. The molecule has 1 aliphatic carbocycles. The molecule has 0 atom stereocenters. The minimum atomic E-state index is -0.446. The number of rotatable bonds is 4. The lowest BCUT2D eigenvalue weighted by atomic mass is 10.1. The van der Waals surface area contributed by atoms with Gasteiger partial charge in [-0.3, -0.25) is 9.59 Å². The van der Waals surface area contributed by atoms with Crippen LogP contribution >= 0.6 is 0 Å². The van der Waals surface area contributed by atoms with Gasteiger partial charge < -0.3 is 9.47 Å². The van der Waals surface area contributed by atoms with Crippen molar-refractivity contribution < 1.29 is 19.1 Å². The molecule has 3 rings (SSSR count). The second-order valence-electron chi connectivity index (χ2n) is 4.86. The molecule has 0 N–H and O–H groups in total. The fraction of sp³-hybridized carbons (Fsp3) is 0.176. The quantitative estimate of drug-likeness (QED) is 0.809. The van der Waals surface area contributed by atoms with Crippen LogP contribution in [0.2, 0.25) is 0 Å². The number of ketones is 2. The van der Waals surface area contributed by atoms with Crippen LogP contribution in [0.15, 0.2) is 42.5 Å². The van der Waals surface area contributed by atoms with Crippen molar-refractivity contribution in [1.82, 2.24) is 0 Å². The van der Waals surface area contributed by atoms with E-state index in [1.807, 2.05) is 30.3 Å². The summed E-state index contributed by atoms with van der Waals surface area (Å²) in [6.07, 6.45) is 0.139. The predicted molar refractivity (Wildman–Crippen MR) is 76.8 cm³/mol. The normalized spacial score (nSPS) is 13.2. The molecule has 0 heterocycles. The van der Waals surface area contributed by atoms with Crippen LogP contribution in [0.25, 0.3) is 0 Å². The van der Waals surface area contributed by atoms with Crippen LogP contribution in [-0.4, -0.2) is 18.7 Å². The van der Waals surface area contributed by atoms with E-state index in [-0.39, 0.29) is 12.2 Å². The Hall–Kier alpha value is -2.62. The largest absolute Gasteiger partial charge is 0.493 e. The van der Waals surface area contributed by atoms with Crippen molar-refractivity contribution in [2.75, 3.05) is 7.11 Å². The van der Waals surface area contributed by atoms with Gasteiger partial charge in [-0.1, -0.05) is 30.3 Å². The van der Waals surface area contributed by atoms with Crippen molar-refractivity contribution in [3.63, 3.8) is 0 Å². The number of Topliss-reactive ketones (excluding diaryl/α,β-unsaturated/α-hetero) is 2. The monoisotopic (exact) mass is 282 g/mol. The zero-order valence-corrected chi connectivity index (χ0v) is 11.6. The molecule has 4 heteroatoms. The first-order chi connectivity index (χ1) is 10.2. The van der Waals surface area contributed by atoms with Crippen molar-refractivity contribution in [3.8, 4) is 11.5 Å². The smallest absolute Gasteiger partial charge is 0.229 e. The lowest BCUT2D eigenvalue weighted by molar-refractivity contribution is -0.114. The molecule has 1 aliphatic rings. The Labute approximate surface area is 122 Å². The van der Waals surface area contributed by atoms with E-state index in [1.165, 1.54) is 7.11 Å². The van der Waals surface area contributed by atoms with E-state index in [1.54, 1.807) is 12.1 Å². The summed E-state index contributed by atoms with van der Waals surface area (Å²) >= 11 is 0. The van der Waals surface area contributed by atoms with Gasteiger partial charge in [-0.05, 0) is 23.3 Å². The highest BCUT2D eigenvalue weighted by Crippen LogP contribution is 2.34. The summed E-state index contributed by atoms with van der Waals surface area (Å²) in [4.78, 5) is 23.2. The van der Waals surface area contributed by atoms with Gasteiger partial charge in [-0.2, -0.15) is 0 Å². The third kappa shape index (κ3) is 2.52. The molecule has 106 valence electrons. The Morgan fingerprint density at radius 3 is 2.52 bits per heavy atom. The standard InChI is InChI=1S/C17H14O4/c1-20-15-9-13-12(7-14(18)17(13)19)8-16(15)21-10-11-5-3-2-4-6-11/h2-6,8-9H,7,10H2,1H3. The maximum absolute atomic E-state index is 11.7. The predicted octanol–water partition coefficient (Wildman–Crippen LogP) is 2.58. The van der Waals surface area contributed by atoms with Gasteiger partial charge in [-0.15, -0.1) is 0 Å². The number of ether oxygens (including phenoxy) is 2. The molecule has 0 bridgehead atoms. The third-order valence-corrected chi connectivity index (χ3v) is 3.48. The molecule has 0 fully saturated rings. The molecular formula is C17H14O4. The summed E-state index contributed by atoms with van der Waals surface area (Å²) < 4.78 is 11.0. The first-order valence-electron chi connectivity index (χ1n) is 6.64. The van der Waals surface area contributed by atoms with Crippen LogP contribution in [-0.2, 0) is 17.8 Å². The van der Waals surface area contributed by atoms with E-state index in [0.717, 1.165) is 5.56 Å². The van der Waals surface area contributed by atoms with Crippen molar-refractivity contribution in [1.29, 1.82) is 0 Å². The van der Waals surface area contributed by atoms with Crippen molar-refractivity contribution in [2.45, 2.75) is 13.0 Å². The van der Waals surface area contributed by atoms with Crippen LogP contribution in [0.3, 0.4) is 0 Å². The Balaban J connectivity index is 1.87. The van der Waals surface area contributed by atoms with Gasteiger partial charge in [0.1, 0.15) is 6.61 Å². The second-order valence-corrected chi connectivity index (χ2v) is 4.86. The summed E-state index contributed by atoms with van der Waals surface area (Å²) in [7, 11) is 1.51. The first kappa shape index (κ1) is 13.4. The van der Waals surface area contributed by atoms with Gasteiger partial charge in [0.15, 0.2) is 11.5 Å². The topological polar surface area (TPSA) is 52.6 Å². The highest BCUT2D eigenvalue weighted by atomic mass is 16.5. The van der Waals surface area contributed by atoms with Crippen LogP contribution in [0.4, 0.5) is 0 Å². The Morgan fingerprint density at radius 1 is 1.05 bits per heavy atom. The number of hydrogen-bond donors (Lipinski definition) is 0. The SMILES string of the molecule is COc1cc2c(cc1OCc1ccccc1)CC(=O)C2=O. The van der Waals surface area contributed by atoms with Gasteiger partial charge >= 0.3 is 0 Å². The van der Waals surface area contributed by atoms with E-state index in [9.17, 15) is 9.59 Å². The second kappa shape index (κ2) is 5.40. The average molecular weight is 282 g/mol. The first-order valence-corrected chi connectivity index (χ1v) is 6.64. The number of carbonyl (C=O) groups excluding carboxylic acids is 2. The van der Waals surface area contributed by atoms with Crippen LogP contribution in [0.5, 0.6) is 11.5 Å². The average Bonchev–Trinajstić information content (AvgIpc) is 2.79. The van der Waals surface area contributed by atoms with E-state index in [0.29, 0.717) is 29.2 Å². The van der Waals surface area contributed by atoms with Crippen LogP contribution < -0.4 is 9.47 Å². The maximum Gasteiger partial charge on any atom is 0.229 e. The molecule has 2 aromatic rings. The molecule has 0 amide bonds. The molecule has 0 aromatic heterocycles. The summed E-state index contributed by atoms with van der Waals surface area (Å²) in [6, 6.07) is 13.1. The molecule has 0 aliphatic heterocycles. The molecule has 2 aromatic carbocycles. The van der Waals surface area contributed by atoms with Gasteiger partial charge in [0.25, 0.3) is 0 Å². The Kier molecular flexibility index (Phi) is 3.44. The van der Waals surface area contributed by atoms with Crippen molar-refractivity contribution in [2.24, 2.45) is 0 Å². The molecule has 0 saturated heterocycles. The molecule has 0 saturated carbocycles. The molecule has 21 heavy (non-hydrogen) atoms. The van der Waals surface area contributed by atoms with E-state index in [2.05, 4.69) is 0 Å². The fourth-order valence-electron chi connectivity index (χ4n) is 2.37. The van der Waals surface area contributed by atoms with E-state index >= 15 is 0 Å². The third-order valence-electron chi connectivity index (χ3n) is 3.48. The number of methoxy groups -OCH3 is 1. The van der Waals surface area contributed by atoms with E-state index < -0.39 is 5.78 Å². The van der Waals surface area contributed by atoms with Crippen molar-refractivity contribution in [3.05, 3.63) is 59.2 Å². The summed E-state index contributed by atoms with van der Waals surface area (Å²) in [5.74, 6) is 0.181. The summed E-state index contributed by atoms with van der Waals surface area (Å²) in [5, 5.41) is 0. The number of hydrogen-bond acceptors (Lipinski definition) is 4. The van der Waals surface area contributed by atoms with Gasteiger partial charge in [-0.25, -0.2) is 0 Å². The fourth-order valence-corrected chi connectivity index (χ4v) is 2.37. The molecule has 0 spiro atoms. The highest BCUT2D eigenvalue weighted by molar-refractivity contribution is 6.47. The van der Waals surface area contributed by atoms with Gasteiger partial charge in [0.2, 0.25) is 11.6 Å². The highest BCUT2D eigenvalue weighted by Gasteiger charge is 2.30. The molecule has 4 nitrogen and oxygen atoms in total. The molecular weight excluding hydrogens is 268 g/mol. The number of fused-ring (bicyclic) bond motifs is 1. The van der Waals surface area contributed by atoms with Crippen LogP contribution in [0.1, 0.15) is 21.5 Å². The Bertz CT molecular complexity index is 704. The molecule has 0 unspecified atom stereocenters. The molecule has 0 radical (unpaired) electrons. The van der Waals surface area contributed by atoms with Crippen LogP contribution in [0, 0.1) is 0 Å². The minimum absolute atomic E-state index is 0.139. The lowest BCUT2D eigenvalue weighted by Gasteiger charge is -2.12. The minimum Gasteiger partial charge on any atom is -0.493 e. The van der Waals surface area contributed by atoms with Crippen molar-refractivity contribution >= 4 is 11.6 Å². The zero-order chi connectivity index (χ0) is 14.8. The van der Waals surface area contributed by atoms with E-state index in [4.69, 9.17) is 9.47 Å². The summed E-state index contributed by atoms with van der Waals surface area (Å²) in [6.45, 7) is 0.401. The maximum atomic E-state index is 11.7. The number of carbonyl (C=O) groups is 2. The van der Waals surface area contributed by atoms with Gasteiger partial charge in [0, 0.05) is 12.0 Å². The summed E-state index contributed by atoms with van der Waals surface area (Å²) in [5.41, 5.74) is 2.16.